The number of rotatable bonds is 2. The average molecular weight is 217 g/mol. The van der Waals surface area contributed by atoms with Crippen LogP contribution in [0.5, 0.6) is 0 Å². The van der Waals surface area contributed by atoms with E-state index in [2.05, 4.69) is 5.32 Å². The van der Waals surface area contributed by atoms with E-state index in [1.807, 2.05) is 6.92 Å². The van der Waals surface area contributed by atoms with Crippen molar-refractivity contribution in [2.24, 2.45) is 0 Å². The number of hydrogen-bond acceptors (Lipinski definition) is 3. The minimum atomic E-state index is -0.419. The van der Waals surface area contributed by atoms with Gasteiger partial charge >= 0.3 is 0 Å². The smallest absolute Gasteiger partial charge is 0.261 e. The topological polar surface area (TPSA) is 55.4 Å². The Hall–Kier alpha value is -2.10. The van der Waals surface area contributed by atoms with Gasteiger partial charge in [-0.15, -0.1) is 0 Å². The van der Waals surface area contributed by atoms with E-state index >= 15 is 0 Å². The third-order valence-corrected chi connectivity index (χ3v) is 2.30. The molecule has 0 radical (unpaired) electrons. The van der Waals surface area contributed by atoms with Gasteiger partial charge in [-0.3, -0.25) is 14.9 Å². The summed E-state index contributed by atoms with van der Waals surface area (Å²) in [6, 6.07) is 6.95. The fourth-order valence-electron chi connectivity index (χ4n) is 1.56. The SMILES string of the molecule is CCO/C=C1\C(=O)NC(=O)c2ccccc21. The van der Waals surface area contributed by atoms with Crippen LogP contribution in [-0.4, -0.2) is 18.4 Å². The van der Waals surface area contributed by atoms with Crippen molar-refractivity contribution in [3.63, 3.8) is 0 Å². The Balaban J connectivity index is 2.51. The molecule has 4 heteroatoms. The first-order valence-electron chi connectivity index (χ1n) is 5.01. The van der Waals surface area contributed by atoms with Crippen molar-refractivity contribution in [3.8, 4) is 0 Å². The first-order valence-corrected chi connectivity index (χ1v) is 5.01. The summed E-state index contributed by atoms with van der Waals surface area (Å²) < 4.78 is 5.10. The van der Waals surface area contributed by atoms with E-state index in [-0.39, 0.29) is 5.91 Å². The maximum absolute atomic E-state index is 11.6. The van der Waals surface area contributed by atoms with Gasteiger partial charge in [0.25, 0.3) is 11.8 Å². The second kappa shape index (κ2) is 4.18. The summed E-state index contributed by atoms with van der Waals surface area (Å²) in [5.41, 5.74) is 1.50. The number of carbonyl (C=O) groups excluding carboxylic acids is 2. The molecule has 0 atom stereocenters. The minimum Gasteiger partial charge on any atom is -0.501 e. The summed E-state index contributed by atoms with van der Waals surface area (Å²) in [4.78, 5) is 23.1. The number of benzene rings is 1. The first-order chi connectivity index (χ1) is 7.74. The Labute approximate surface area is 92.9 Å². The molecule has 0 unspecified atom stereocenters. The molecule has 1 heterocycles. The molecular formula is C12H11NO3. The number of imide groups is 1. The number of fused-ring (bicyclic) bond motifs is 1. The normalized spacial score (nSPS) is 16.9. The standard InChI is InChI=1S/C12H11NO3/c1-2-16-7-10-8-5-3-4-6-9(8)11(14)13-12(10)15/h3-7H,2H2,1H3,(H,13,14,15)/b10-7-. The summed E-state index contributed by atoms with van der Waals surface area (Å²) in [5.74, 6) is -0.786. The van der Waals surface area contributed by atoms with Gasteiger partial charge in [-0.2, -0.15) is 0 Å². The second-order valence-electron chi connectivity index (χ2n) is 3.32. The van der Waals surface area contributed by atoms with Crippen LogP contribution in [0.3, 0.4) is 0 Å². The van der Waals surface area contributed by atoms with Crippen molar-refractivity contribution < 1.29 is 14.3 Å². The molecule has 1 aliphatic heterocycles. The number of carbonyl (C=O) groups is 2. The molecule has 0 aromatic heterocycles. The monoisotopic (exact) mass is 217 g/mol. The fourth-order valence-corrected chi connectivity index (χ4v) is 1.56. The molecule has 0 bridgehead atoms. The van der Waals surface area contributed by atoms with Gasteiger partial charge in [0.05, 0.1) is 18.4 Å². The van der Waals surface area contributed by atoms with E-state index in [1.165, 1.54) is 6.26 Å². The Morgan fingerprint density at radius 1 is 1.19 bits per heavy atom. The predicted octanol–water partition coefficient (Wildman–Crippen LogP) is 1.33. The molecule has 0 fully saturated rings. The van der Waals surface area contributed by atoms with Crippen molar-refractivity contribution >= 4 is 17.4 Å². The van der Waals surface area contributed by atoms with E-state index in [1.54, 1.807) is 24.3 Å². The molecule has 16 heavy (non-hydrogen) atoms. The van der Waals surface area contributed by atoms with Gasteiger partial charge in [0, 0.05) is 11.1 Å². The van der Waals surface area contributed by atoms with Crippen LogP contribution in [0.2, 0.25) is 0 Å². The maximum atomic E-state index is 11.6. The van der Waals surface area contributed by atoms with Crippen molar-refractivity contribution in [2.75, 3.05) is 6.61 Å². The third-order valence-electron chi connectivity index (χ3n) is 2.30. The zero-order valence-corrected chi connectivity index (χ0v) is 8.82. The lowest BCUT2D eigenvalue weighted by Crippen LogP contribution is -2.36. The Morgan fingerprint density at radius 2 is 1.88 bits per heavy atom. The second-order valence-corrected chi connectivity index (χ2v) is 3.32. The van der Waals surface area contributed by atoms with E-state index in [0.29, 0.717) is 23.3 Å². The van der Waals surface area contributed by atoms with Crippen LogP contribution in [0.1, 0.15) is 22.8 Å². The molecule has 0 saturated heterocycles. The molecule has 1 aliphatic rings. The molecule has 4 nitrogen and oxygen atoms in total. The Morgan fingerprint density at radius 3 is 2.56 bits per heavy atom. The zero-order chi connectivity index (χ0) is 11.5. The molecule has 1 aromatic carbocycles. The third kappa shape index (κ3) is 1.69. The molecule has 0 aliphatic carbocycles. The van der Waals surface area contributed by atoms with Gasteiger partial charge in [-0.25, -0.2) is 0 Å². The van der Waals surface area contributed by atoms with Crippen LogP contribution in [-0.2, 0) is 9.53 Å². The van der Waals surface area contributed by atoms with Crippen molar-refractivity contribution in [3.05, 3.63) is 41.7 Å². The molecule has 2 rings (SSSR count). The maximum Gasteiger partial charge on any atom is 0.261 e. The highest BCUT2D eigenvalue weighted by Gasteiger charge is 2.26. The summed E-state index contributed by atoms with van der Waals surface area (Å²) in [7, 11) is 0. The molecule has 1 N–H and O–H groups in total. The highest BCUT2D eigenvalue weighted by Crippen LogP contribution is 2.23. The highest BCUT2D eigenvalue weighted by molar-refractivity contribution is 6.30. The summed E-state index contributed by atoms with van der Waals surface area (Å²) >= 11 is 0. The van der Waals surface area contributed by atoms with Crippen LogP contribution in [0, 0.1) is 0 Å². The van der Waals surface area contributed by atoms with Crippen LogP contribution in [0.4, 0.5) is 0 Å². The van der Waals surface area contributed by atoms with Gasteiger partial charge in [0.1, 0.15) is 0 Å². The van der Waals surface area contributed by atoms with Crippen molar-refractivity contribution in [1.29, 1.82) is 0 Å². The molecule has 82 valence electrons. The quantitative estimate of drug-likeness (QED) is 0.462. The average Bonchev–Trinajstić information content (AvgIpc) is 2.29. The van der Waals surface area contributed by atoms with Crippen LogP contribution in [0.15, 0.2) is 30.5 Å². The van der Waals surface area contributed by atoms with Crippen LogP contribution in [0.25, 0.3) is 5.57 Å². The molecule has 1 aromatic rings. The number of nitrogens with one attached hydrogen (secondary N) is 1. The Kier molecular flexibility index (Phi) is 2.72. The van der Waals surface area contributed by atoms with Gasteiger partial charge in [-0.05, 0) is 13.0 Å². The first kappa shape index (κ1) is 10.4. The van der Waals surface area contributed by atoms with Gasteiger partial charge < -0.3 is 4.74 Å². The number of amides is 2. The van der Waals surface area contributed by atoms with Crippen LogP contribution >= 0.6 is 0 Å². The lowest BCUT2D eigenvalue weighted by Gasteiger charge is -2.17. The van der Waals surface area contributed by atoms with E-state index < -0.39 is 5.91 Å². The fraction of sp³-hybridized carbons (Fsp3) is 0.167. The van der Waals surface area contributed by atoms with Gasteiger partial charge in [0.2, 0.25) is 0 Å². The van der Waals surface area contributed by atoms with Crippen molar-refractivity contribution in [2.45, 2.75) is 6.92 Å². The zero-order valence-electron chi connectivity index (χ0n) is 8.82. The summed E-state index contributed by atoms with van der Waals surface area (Å²) in [5, 5.41) is 2.27. The minimum absolute atomic E-state index is 0.366. The Bertz CT molecular complexity index is 477. The van der Waals surface area contributed by atoms with E-state index in [0.717, 1.165) is 0 Å². The molecular weight excluding hydrogens is 206 g/mol. The molecule has 2 amide bonds. The van der Waals surface area contributed by atoms with E-state index in [9.17, 15) is 9.59 Å². The lowest BCUT2D eigenvalue weighted by molar-refractivity contribution is -0.114. The number of ether oxygens (including phenoxy) is 1. The molecule has 0 spiro atoms. The predicted molar refractivity (Wildman–Crippen MR) is 58.5 cm³/mol. The largest absolute Gasteiger partial charge is 0.501 e. The van der Waals surface area contributed by atoms with Crippen molar-refractivity contribution in [1.82, 2.24) is 5.32 Å². The van der Waals surface area contributed by atoms with Gasteiger partial charge in [0.15, 0.2) is 0 Å². The van der Waals surface area contributed by atoms with E-state index in [4.69, 9.17) is 4.74 Å². The summed E-state index contributed by atoms with van der Waals surface area (Å²) in [6.07, 6.45) is 1.39. The van der Waals surface area contributed by atoms with Gasteiger partial charge in [-0.1, -0.05) is 18.2 Å². The molecule has 0 saturated carbocycles. The lowest BCUT2D eigenvalue weighted by atomic mass is 9.96. The number of hydrogen-bond donors (Lipinski definition) is 1. The summed E-state index contributed by atoms with van der Waals surface area (Å²) in [6.45, 7) is 2.31. The highest BCUT2D eigenvalue weighted by atomic mass is 16.5. The van der Waals surface area contributed by atoms with Crippen LogP contribution < -0.4 is 5.32 Å².